The maximum atomic E-state index is 5.85. The number of hydrogen-bond acceptors (Lipinski definition) is 3. The van der Waals surface area contributed by atoms with Gasteiger partial charge in [-0.25, -0.2) is 0 Å². The van der Waals surface area contributed by atoms with Crippen molar-refractivity contribution in [2.45, 2.75) is 25.8 Å². The third kappa shape index (κ3) is 3.70. The van der Waals surface area contributed by atoms with Gasteiger partial charge in [0.05, 0.1) is 4.47 Å². The lowest BCUT2D eigenvalue weighted by molar-refractivity contribution is 0.237. The predicted molar refractivity (Wildman–Crippen MR) is 77.9 cm³/mol. The Morgan fingerprint density at radius 2 is 2.11 bits per heavy atom. The minimum Gasteiger partial charge on any atom is -0.491 e. The molecule has 1 fully saturated rings. The maximum absolute atomic E-state index is 5.85. The van der Waals surface area contributed by atoms with E-state index in [9.17, 15) is 0 Å². The van der Waals surface area contributed by atoms with Crippen LogP contribution in [0, 0.1) is 0 Å². The minimum atomic E-state index is 0.0555. The van der Waals surface area contributed by atoms with E-state index < -0.39 is 0 Å². The van der Waals surface area contributed by atoms with Crippen molar-refractivity contribution in [3.8, 4) is 5.75 Å². The molecule has 2 N–H and O–H groups in total. The Labute approximate surface area is 117 Å². The fourth-order valence-electron chi connectivity index (χ4n) is 2.21. The van der Waals surface area contributed by atoms with Gasteiger partial charge >= 0.3 is 0 Å². The van der Waals surface area contributed by atoms with Gasteiger partial charge in [0.15, 0.2) is 0 Å². The zero-order valence-electron chi connectivity index (χ0n) is 10.9. The summed E-state index contributed by atoms with van der Waals surface area (Å²) in [5.74, 6) is 0.901. The lowest BCUT2D eigenvalue weighted by Crippen LogP contribution is -2.25. The number of halogens is 1. The van der Waals surface area contributed by atoms with Crippen LogP contribution >= 0.6 is 15.9 Å². The summed E-state index contributed by atoms with van der Waals surface area (Å²) < 4.78 is 6.79. The van der Waals surface area contributed by atoms with E-state index in [1.165, 1.54) is 25.9 Å². The molecule has 2 rings (SSSR count). The number of nitrogens with two attached hydrogens (primary N) is 1. The van der Waals surface area contributed by atoms with Crippen LogP contribution in [0.1, 0.15) is 31.4 Å². The van der Waals surface area contributed by atoms with E-state index in [0.29, 0.717) is 0 Å². The fraction of sp³-hybridized carbons (Fsp3) is 0.571. The first-order valence-corrected chi connectivity index (χ1v) is 7.36. The second-order valence-electron chi connectivity index (χ2n) is 4.88. The minimum absolute atomic E-state index is 0.0555. The van der Waals surface area contributed by atoms with Crippen LogP contribution in [0.5, 0.6) is 5.75 Å². The summed E-state index contributed by atoms with van der Waals surface area (Å²) >= 11 is 3.53. The number of benzene rings is 1. The Balaban J connectivity index is 1.85. The van der Waals surface area contributed by atoms with Crippen molar-refractivity contribution in [3.63, 3.8) is 0 Å². The SMILES string of the molecule is C[C@@H](N)c1ccc(OCCN2CCCC2)c(Br)c1. The highest BCUT2D eigenvalue weighted by Crippen LogP contribution is 2.27. The van der Waals surface area contributed by atoms with Gasteiger partial charge in [0, 0.05) is 12.6 Å². The number of hydrogen-bond donors (Lipinski definition) is 1. The van der Waals surface area contributed by atoms with Crippen LogP contribution in [0.2, 0.25) is 0 Å². The summed E-state index contributed by atoms with van der Waals surface area (Å²) in [5, 5.41) is 0. The van der Waals surface area contributed by atoms with Gasteiger partial charge in [-0.15, -0.1) is 0 Å². The van der Waals surface area contributed by atoms with Crippen molar-refractivity contribution in [1.29, 1.82) is 0 Å². The summed E-state index contributed by atoms with van der Waals surface area (Å²) in [7, 11) is 0. The standard InChI is InChI=1S/C14H21BrN2O/c1-11(16)12-4-5-14(13(15)10-12)18-9-8-17-6-2-3-7-17/h4-5,10-11H,2-3,6-9,16H2,1H3/t11-/m1/s1. The molecule has 0 bridgehead atoms. The molecule has 0 radical (unpaired) electrons. The zero-order valence-corrected chi connectivity index (χ0v) is 12.4. The van der Waals surface area contributed by atoms with E-state index in [0.717, 1.165) is 28.9 Å². The molecule has 0 saturated carbocycles. The van der Waals surface area contributed by atoms with Crippen molar-refractivity contribution in [1.82, 2.24) is 4.90 Å². The van der Waals surface area contributed by atoms with Crippen LogP contribution < -0.4 is 10.5 Å². The molecule has 0 spiro atoms. The first kappa shape index (κ1) is 13.8. The number of likely N-dealkylation sites (tertiary alicyclic amines) is 1. The monoisotopic (exact) mass is 312 g/mol. The summed E-state index contributed by atoms with van der Waals surface area (Å²) in [6.07, 6.45) is 2.65. The summed E-state index contributed by atoms with van der Waals surface area (Å²) in [5.41, 5.74) is 6.97. The number of ether oxygens (including phenoxy) is 1. The molecule has 0 aromatic heterocycles. The van der Waals surface area contributed by atoms with E-state index in [4.69, 9.17) is 10.5 Å². The van der Waals surface area contributed by atoms with Gasteiger partial charge in [-0.3, -0.25) is 4.90 Å². The molecule has 1 aliphatic heterocycles. The van der Waals surface area contributed by atoms with Gasteiger partial charge in [0.1, 0.15) is 12.4 Å². The first-order valence-electron chi connectivity index (χ1n) is 6.57. The van der Waals surface area contributed by atoms with E-state index in [2.05, 4.69) is 20.8 Å². The molecule has 1 heterocycles. The Kier molecular flexibility index (Phi) is 5.03. The third-order valence-electron chi connectivity index (χ3n) is 3.35. The highest BCUT2D eigenvalue weighted by Gasteiger charge is 2.11. The molecule has 1 saturated heterocycles. The van der Waals surface area contributed by atoms with Gasteiger partial charge in [-0.05, 0) is 66.5 Å². The lowest BCUT2D eigenvalue weighted by atomic mass is 10.1. The Morgan fingerprint density at radius 3 is 2.72 bits per heavy atom. The molecule has 1 aromatic carbocycles. The predicted octanol–water partition coefficient (Wildman–Crippen LogP) is 2.94. The normalized spacial score (nSPS) is 17.9. The highest BCUT2D eigenvalue weighted by atomic mass is 79.9. The van der Waals surface area contributed by atoms with Gasteiger partial charge in [0.2, 0.25) is 0 Å². The van der Waals surface area contributed by atoms with Gasteiger partial charge < -0.3 is 10.5 Å². The van der Waals surface area contributed by atoms with Crippen LogP contribution in [-0.2, 0) is 0 Å². The van der Waals surface area contributed by atoms with E-state index in [1.54, 1.807) is 0 Å². The maximum Gasteiger partial charge on any atom is 0.133 e. The van der Waals surface area contributed by atoms with Crippen LogP contribution in [0.25, 0.3) is 0 Å². The van der Waals surface area contributed by atoms with Crippen LogP contribution in [0.15, 0.2) is 22.7 Å². The largest absolute Gasteiger partial charge is 0.491 e. The van der Waals surface area contributed by atoms with Crippen molar-refractivity contribution >= 4 is 15.9 Å². The number of nitrogens with zero attached hydrogens (tertiary/aromatic N) is 1. The van der Waals surface area contributed by atoms with Gasteiger partial charge in [-0.2, -0.15) is 0 Å². The first-order chi connectivity index (χ1) is 8.66. The fourth-order valence-corrected chi connectivity index (χ4v) is 2.72. The quantitative estimate of drug-likeness (QED) is 0.908. The van der Waals surface area contributed by atoms with Crippen LogP contribution in [0.4, 0.5) is 0 Å². The van der Waals surface area contributed by atoms with Crippen molar-refractivity contribution < 1.29 is 4.74 Å². The smallest absolute Gasteiger partial charge is 0.133 e. The second-order valence-corrected chi connectivity index (χ2v) is 5.73. The van der Waals surface area contributed by atoms with Crippen molar-refractivity contribution in [3.05, 3.63) is 28.2 Å². The van der Waals surface area contributed by atoms with Gasteiger partial charge in [-0.1, -0.05) is 6.07 Å². The molecular formula is C14H21BrN2O. The molecule has 1 aliphatic rings. The van der Waals surface area contributed by atoms with E-state index in [1.807, 2.05) is 25.1 Å². The molecule has 0 unspecified atom stereocenters. The molecular weight excluding hydrogens is 292 g/mol. The second kappa shape index (κ2) is 6.55. The zero-order chi connectivity index (χ0) is 13.0. The molecule has 100 valence electrons. The van der Waals surface area contributed by atoms with E-state index >= 15 is 0 Å². The molecule has 3 nitrogen and oxygen atoms in total. The van der Waals surface area contributed by atoms with Crippen LogP contribution in [0.3, 0.4) is 0 Å². The summed E-state index contributed by atoms with van der Waals surface area (Å²) in [6.45, 7) is 6.18. The average Bonchev–Trinajstić information content (AvgIpc) is 2.84. The molecule has 0 aliphatic carbocycles. The summed E-state index contributed by atoms with van der Waals surface area (Å²) in [4.78, 5) is 2.45. The van der Waals surface area contributed by atoms with Crippen molar-refractivity contribution in [2.75, 3.05) is 26.2 Å². The molecule has 1 aromatic rings. The van der Waals surface area contributed by atoms with Crippen molar-refractivity contribution in [2.24, 2.45) is 5.73 Å². The highest BCUT2D eigenvalue weighted by molar-refractivity contribution is 9.10. The summed E-state index contributed by atoms with van der Waals surface area (Å²) in [6, 6.07) is 6.11. The van der Waals surface area contributed by atoms with Crippen LogP contribution in [-0.4, -0.2) is 31.1 Å². The Hall–Kier alpha value is -0.580. The molecule has 18 heavy (non-hydrogen) atoms. The Bertz CT molecular complexity index is 389. The molecule has 0 amide bonds. The topological polar surface area (TPSA) is 38.5 Å². The molecule has 4 heteroatoms. The third-order valence-corrected chi connectivity index (χ3v) is 3.97. The number of rotatable bonds is 5. The lowest BCUT2D eigenvalue weighted by Gasteiger charge is -2.16. The van der Waals surface area contributed by atoms with E-state index in [-0.39, 0.29) is 6.04 Å². The average molecular weight is 313 g/mol. The van der Waals surface area contributed by atoms with Gasteiger partial charge in [0.25, 0.3) is 0 Å². The molecule has 1 atom stereocenters. The Morgan fingerprint density at radius 1 is 1.39 bits per heavy atom.